The first-order valence-corrected chi connectivity index (χ1v) is 8.46. The first-order valence-electron chi connectivity index (χ1n) is 8.46. The molecule has 0 heterocycles. The Morgan fingerprint density at radius 2 is 1.77 bits per heavy atom. The number of unbranched alkanes of at least 4 members (excludes halogenated alkanes) is 2. The van der Waals surface area contributed by atoms with Crippen LogP contribution in [-0.2, 0) is 23.9 Å². The summed E-state index contributed by atoms with van der Waals surface area (Å²) in [5.74, 6) is -2.11. The van der Waals surface area contributed by atoms with Crippen molar-refractivity contribution in [2.45, 2.75) is 32.1 Å². The third-order valence-electron chi connectivity index (χ3n) is 3.42. The zero-order valence-corrected chi connectivity index (χ0v) is 14.8. The number of benzene rings is 1. The Bertz CT molecular complexity index is 658. The summed E-state index contributed by atoms with van der Waals surface area (Å²) in [7, 11) is 0. The van der Waals surface area contributed by atoms with Gasteiger partial charge in [-0.05, 0) is 31.2 Å². The van der Waals surface area contributed by atoms with E-state index in [1.165, 1.54) is 0 Å². The highest BCUT2D eigenvalue weighted by molar-refractivity contribution is 5.95. The van der Waals surface area contributed by atoms with Crippen LogP contribution in [0.1, 0.15) is 37.7 Å². The molecular weight excluding hydrogens is 332 g/mol. The lowest BCUT2D eigenvalue weighted by molar-refractivity contribution is -0.158. The molecular formula is C21H24O5. The fourth-order valence-corrected chi connectivity index (χ4v) is 2.01. The van der Waals surface area contributed by atoms with Gasteiger partial charge in [-0.25, -0.2) is 9.59 Å². The maximum atomic E-state index is 11.7. The number of carbonyl (C=O) groups excluding carboxylic acids is 3. The van der Waals surface area contributed by atoms with E-state index in [0.29, 0.717) is 6.42 Å². The normalized spacial score (nSPS) is 10.3. The summed E-state index contributed by atoms with van der Waals surface area (Å²) in [5.41, 5.74) is 1.41. The van der Waals surface area contributed by atoms with Crippen LogP contribution in [0.4, 0.5) is 0 Å². The van der Waals surface area contributed by atoms with Crippen LogP contribution in [0.25, 0.3) is 6.08 Å². The van der Waals surface area contributed by atoms with Gasteiger partial charge in [-0.15, -0.1) is 0 Å². The summed E-state index contributed by atoms with van der Waals surface area (Å²) < 4.78 is 9.30. The molecule has 0 saturated carbocycles. The lowest BCUT2D eigenvalue weighted by Gasteiger charge is -2.05. The van der Waals surface area contributed by atoms with Gasteiger partial charge in [0.25, 0.3) is 0 Å². The molecule has 0 aromatic heterocycles. The SMILES string of the molecule is C=CC(=O)OCCC(=O)OC(=O)C(=C)CCCCC=Cc1ccccc1. The van der Waals surface area contributed by atoms with Gasteiger partial charge in [-0.2, -0.15) is 0 Å². The smallest absolute Gasteiger partial charge is 0.341 e. The van der Waals surface area contributed by atoms with Crippen LogP contribution in [0.15, 0.2) is 61.2 Å². The highest BCUT2D eigenvalue weighted by Gasteiger charge is 2.14. The molecule has 0 aliphatic carbocycles. The second-order valence-electron chi connectivity index (χ2n) is 5.55. The van der Waals surface area contributed by atoms with Gasteiger partial charge < -0.3 is 9.47 Å². The zero-order valence-electron chi connectivity index (χ0n) is 14.8. The predicted octanol–water partition coefficient (Wildman–Crippen LogP) is 4.01. The Labute approximate surface area is 154 Å². The third kappa shape index (κ3) is 9.37. The Morgan fingerprint density at radius 3 is 2.46 bits per heavy atom. The van der Waals surface area contributed by atoms with Crippen molar-refractivity contribution in [3.63, 3.8) is 0 Å². The average molecular weight is 356 g/mol. The summed E-state index contributed by atoms with van der Waals surface area (Å²) in [5, 5.41) is 0. The summed E-state index contributed by atoms with van der Waals surface area (Å²) in [4.78, 5) is 34.0. The molecule has 0 N–H and O–H groups in total. The van der Waals surface area contributed by atoms with Crippen molar-refractivity contribution >= 4 is 24.0 Å². The highest BCUT2D eigenvalue weighted by atomic mass is 16.6. The molecule has 5 nitrogen and oxygen atoms in total. The minimum absolute atomic E-state index is 0.156. The summed E-state index contributed by atoms with van der Waals surface area (Å²) in [6.45, 7) is 6.73. The number of ether oxygens (including phenoxy) is 2. The number of esters is 3. The molecule has 1 aromatic carbocycles. The van der Waals surface area contributed by atoms with E-state index < -0.39 is 17.9 Å². The van der Waals surface area contributed by atoms with Crippen molar-refractivity contribution in [1.29, 1.82) is 0 Å². The van der Waals surface area contributed by atoms with Crippen LogP contribution in [0, 0.1) is 0 Å². The van der Waals surface area contributed by atoms with Gasteiger partial charge in [0.05, 0.1) is 6.42 Å². The molecule has 26 heavy (non-hydrogen) atoms. The molecule has 5 heteroatoms. The quantitative estimate of drug-likeness (QED) is 0.259. The molecule has 0 aliphatic rings. The van der Waals surface area contributed by atoms with Crippen LogP contribution in [0.3, 0.4) is 0 Å². The number of allylic oxidation sites excluding steroid dienone is 1. The van der Waals surface area contributed by atoms with Crippen molar-refractivity contribution in [1.82, 2.24) is 0 Å². The monoisotopic (exact) mass is 356 g/mol. The van der Waals surface area contributed by atoms with Crippen LogP contribution < -0.4 is 0 Å². The fourth-order valence-electron chi connectivity index (χ4n) is 2.01. The first-order chi connectivity index (χ1) is 12.5. The first kappa shape index (κ1) is 21.1. The summed E-state index contributed by atoms with van der Waals surface area (Å²) >= 11 is 0. The standard InChI is InChI=1S/C21H24O5/c1-3-19(22)25-16-15-20(23)26-21(24)17(2)11-7-4-5-8-12-18-13-9-6-10-14-18/h3,6,8-10,12-14H,1-2,4-5,7,11,15-16H2. The Hall–Kier alpha value is -2.95. The Kier molecular flexibility index (Phi) is 10.1. The van der Waals surface area contributed by atoms with E-state index in [4.69, 9.17) is 0 Å². The summed E-state index contributed by atoms with van der Waals surface area (Å²) in [6, 6.07) is 10.0. The molecule has 0 radical (unpaired) electrons. The van der Waals surface area contributed by atoms with Gasteiger partial charge in [0, 0.05) is 11.6 Å². The zero-order chi connectivity index (χ0) is 19.2. The van der Waals surface area contributed by atoms with Gasteiger partial charge in [-0.3, -0.25) is 4.79 Å². The molecule has 1 aromatic rings. The van der Waals surface area contributed by atoms with Crippen LogP contribution in [0.5, 0.6) is 0 Å². The molecule has 0 amide bonds. The minimum Gasteiger partial charge on any atom is -0.462 e. The van der Waals surface area contributed by atoms with E-state index in [9.17, 15) is 14.4 Å². The third-order valence-corrected chi connectivity index (χ3v) is 3.42. The molecule has 0 bridgehead atoms. The minimum atomic E-state index is -0.751. The van der Waals surface area contributed by atoms with Crippen molar-refractivity contribution in [3.05, 3.63) is 66.8 Å². The van der Waals surface area contributed by atoms with Crippen LogP contribution in [0.2, 0.25) is 0 Å². The molecule has 0 fully saturated rings. The van der Waals surface area contributed by atoms with Crippen molar-refractivity contribution in [2.24, 2.45) is 0 Å². The average Bonchev–Trinajstić information content (AvgIpc) is 2.64. The second kappa shape index (κ2) is 12.4. The van der Waals surface area contributed by atoms with E-state index >= 15 is 0 Å². The van der Waals surface area contributed by atoms with Gasteiger partial charge in [0.1, 0.15) is 6.61 Å². The largest absolute Gasteiger partial charge is 0.462 e. The maximum absolute atomic E-state index is 11.7. The molecule has 0 unspecified atom stereocenters. The number of carbonyl (C=O) groups is 3. The van der Waals surface area contributed by atoms with Gasteiger partial charge in [0.15, 0.2) is 0 Å². The number of hydrogen-bond acceptors (Lipinski definition) is 5. The van der Waals surface area contributed by atoms with Crippen LogP contribution >= 0.6 is 0 Å². The Balaban J connectivity index is 2.15. The molecule has 0 atom stereocenters. The molecule has 0 saturated heterocycles. The van der Waals surface area contributed by atoms with Crippen LogP contribution in [-0.4, -0.2) is 24.5 Å². The van der Waals surface area contributed by atoms with E-state index in [0.717, 1.165) is 30.9 Å². The van der Waals surface area contributed by atoms with E-state index in [2.05, 4.69) is 34.8 Å². The van der Waals surface area contributed by atoms with Gasteiger partial charge in [-0.1, -0.05) is 55.6 Å². The second-order valence-corrected chi connectivity index (χ2v) is 5.55. The molecule has 0 aliphatic heterocycles. The number of rotatable bonds is 11. The molecule has 138 valence electrons. The Morgan fingerprint density at radius 1 is 1.04 bits per heavy atom. The van der Waals surface area contributed by atoms with Gasteiger partial charge >= 0.3 is 17.9 Å². The van der Waals surface area contributed by atoms with Crippen molar-refractivity contribution in [3.8, 4) is 0 Å². The topological polar surface area (TPSA) is 69.7 Å². The van der Waals surface area contributed by atoms with E-state index in [1.807, 2.05) is 30.3 Å². The van der Waals surface area contributed by atoms with Gasteiger partial charge in [0.2, 0.25) is 0 Å². The maximum Gasteiger partial charge on any atom is 0.341 e. The molecule has 0 spiro atoms. The summed E-state index contributed by atoms with van der Waals surface area (Å²) in [6.07, 6.45) is 7.99. The van der Waals surface area contributed by atoms with Crippen molar-refractivity contribution < 1.29 is 23.9 Å². The van der Waals surface area contributed by atoms with E-state index in [-0.39, 0.29) is 18.6 Å². The fraction of sp³-hybridized carbons (Fsp3) is 0.286. The lowest BCUT2D eigenvalue weighted by Crippen LogP contribution is -2.16. The molecule has 1 rings (SSSR count). The van der Waals surface area contributed by atoms with Crippen molar-refractivity contribution in [2.75, 3.05) is 6.61 Å². The highest BCUT2D eigenvalue weighted by Crippen LogP contribution is 2.11. The predicted molar refractivity (Wildman–Crippen MR) is 100.0 cm³/mol. The van der Waals surface area contributed by atoms with E-state index in [1.54, 1.807) is 0 Å². The number of hydrogen-bond donors (Lipinski definition) is 0. The lowest BCUT2D eigenvalue weighted by atomic mass is 10.1.